The summed E-state index contributed by atoms with van der Waals surface area (Å²) in [5.41, 5.74) is 5.24. The highest BCUT2D eigenvalue weighted by Crippen LogP contribution is 2.20. The molecule has 0 aliphatic rings. The van der Waals surface area contributed by atoms with E-state index < -0.39 is 0 Å². The van der Waals surface area contributed by atoms with Gasteiger partial charge in [0.25, 0.3) is 0 Å². The number of carbonyl (C=O) groups is 2. The molecule has 0 bridgehead atoms. The van der Waals surface area contributed by atoms with Gasteiger partial charge in [-0.15, -0.1) is 0 Å². The van der Waals surface area contributed by atoms with Gasteiger partial charge in [0.15, 0.2) is 5.78 Å². The third-order valence-electron chi connectivity index (χ3n) is 5.05. The average molecular weight is 394 g/mol. The van der Waals surface area contributed by atoms with E-state index in [1.54, 1.807) is 11.9 Å². The molecule has 0 saturated carbocycles. The number of ketones is 1. The number of rotatable bonds is 7. The smallest absolute Gasteiger partial charge is 0.238 e. The van der Waals surface area contributed by atoms with Gasteiger partial charge < -0.3 is 5.32 Å². The lowest BCUT2D eigenvalue weighted by Gasteiger charge is -2.16. The number of aromatic nitrogens is 4. The Balaban J connectivity index is 1.64. The lowest BCUT2D eigenvalue weighted by Crippen LogP contribution is -2.34. The van der Waals surface area contributed by atoms with E-state index in [2.05, 4.69) is 20.5 Å². The number of nitrogens with zero attached hydrogens (tertiary/aromatic N) is 4. The van der Waals surface area contributed by atoms with Crippen LogP contribution in [0.5, 0.6) is 0 Å². The summed E-state index contributed by atoms with van der Waals surface area (Å²) in [5.74, 6) is 0.368. The molecule has 0 spiro atoms. The predicted molar refractivity (Wildman–Crippen MR) is 112 cm³/mol. The van der Waals surface area contributed by atoms with E-state index in [1.165, 1.54) is 6.33 Å². The van der Waals surface area contributed by atoms with Crippen LogP contribution in [0.15, 0.2) is 30.6 Å². The number of H-pyrrole nitrogens is 1. The maximum absolute atomic E-state index is 12.8. The van der Waals surface area contributed by atoms with Crippen LogP contribution in [0, 0.1) is 27.7 Å². The molecule has 2 aromatic heterocycles. The Bertz CT molecular complexity index is 1040. The second-order valence-corrected chi connectivity index (χ2v) is 7.32. The number of likely N-dealkylation sites (N-methyl/N-ethyl adjacent to an activating group) is 1. The van der Waals surface area contributed by atoms with Gasteiger partial charge in [-0.3, -0.25) is 19.1 Å². The summed E-state index contributed by atoms with van der Waals surface area (Å²) < 4.78 is 1.85. The lowest BCUT2D eigenvalue weighted by molar-refractivity contribution is -0.116. The third-order valence-corrected chi connectivity index (χ3v) is 5.05. The molecule has 8 heteroatoms. The number of Topliss-reactive ketones (excluding diaryl/α,β-unsaturated/α-hetero) is 1. The van der Waals surface area contributed by atoms with Crippen molar-refractivity contribution >= 4 is 17.4 Å². The number of aromatic amines is 1. The first kappa shape index (κ1) is 20.5. The molecule has 2 heterocycles. The van der Waals surface area contributed by atoms with Gasteiger partial charge in [-0.05, 0) is 58.0 Å². The van der Waals surface area contributed by atoms with E-state index in [-0.39, 0.29) is 24.8 Å². The number of anilines is 1. The minimum atomic E-state index is -0.152. The Hall–Kier alpha value is -3.26. The molecule has 29 heavy (non-hydrogen) atoms. The fraction of sp³-hybridized carbons (Fsp3) is 0.333. The molecule has 0 aliphatic carbocycles. The van der Waals surface area contributed by atoms with Crippen molar-refractivity contribution in [1.82, 2.24) is 24.6 Å². The Labute approximate surface area is 169 Å². The maximum Gasteiger partial charge on any atom is 0.238 e. The summed E-state index contributed by atoms with van der Waals surface area (Å²) in [6.45, 7) is 8.03. The largest absolute Gasteiger partial charge is 0.325 e. The molecule has 8 nitrogen and oxygen atoms in total. The summed E-state index contributed by atoms with van der Waals surface area (Å²) in [6, 6.07) is 7.63. The SMILES string of the molecule is Cc1cccc(NC(=O)CN(C)CC(=O)c2cc(C)n(-c3ncn[nH]3)c2C)c1C. The first-order chi connectivity index (χ1) is 13.8. The molecule has 1 aromatic carbocycles. The highest BCUT2D eigenvalue weighted by Gasteiger charge is 2.20. The van der Waals surface area contributed by atoms with E-state index in [4.69, 9.17) is 0 Å². The molecule has 152 valence electrons. The Morgan fingerprint density at radius 2 is 1.93 bits per heavy atom. The molecule has 0 unspecified atom stereocenters. The van der Waals surface area contributed by atoms with Gasteiger partial charge in [-0.2, -0.15) is 10.1 Å². The topological polar surface area (TPSA) is 95.9 Å². The lowest BCUT2D eigenvalue weighted by atomic mass is 10.1. The van der Waals surface area contributed by atoms with Crippen LogP contribution in [0.2, 0.25) is 0 Å². The number of carbonyl (C=O) groups excluding carboxylic acids is 2. The van der Waals surface area contributed by atoms with Crippen molar-refractivity contribution in [3.63, 3.8) is 0 Å². The second kappa shape index (κ2) is 8.40. The standard InChI is InChI=1S/C21H26N6O2/c1-13-7-6-8-18(15(13)3)24-20(29)11-26(5)10-19(28)17-9-14(2)27(16(17)4)21-22-12-23-25-21/h6-9,12H,10-11H2,1-5H3,(H,24,29)(H,22,23,25). The van der Waals surface area contributed by atoms with Crippen molar-refractivity contribution in [3.05, 3.63) is 58.7 Å². The van der Waals surface area contributed by atoms with Crippen LogP contribution in [0.1, 0.15) is 32.9 Å². The Kier molecular flexibility index (Phi) is 5.93. The van der Waals surface area contributed by atoms with Crippen molar-refractivity contribution in [2.75, 3.05) is 25.5 Å². The van der Waals surface area contributed by atoms with E-state index in [9.17, 15) is 9.59 Å². The summed E-state index contributed by atoms with van der Waals surface area (Å²) in [5, 5.41) is 9.60. The van der Waals surface area contributed by atoms with Gasteiger partial charge in [-0.25, -0.2) is 5.10 Å². The van der Waals surface area contributed by atoms with Gasteiger partial charge in [0.1, 0.15) is 6.33 Å². The molecule has 0 radical (unpaired) electrons. The van der Waals surface area contributed by atoms with E-state index in [0.717, 1.165) is 28.2 Å². The van der Waals surface area contributed by atoms with Gasteiger partial charge in [-0.1, -0.05) is 12.1 Å². The molecule has 1 amide bonds. The number of aryl methyl sites for hydroxylation is 2. The molecule has 3 aromatic rings. The normalized spacial score (nSPS) is 11.1. The van der Waals surface area contributed by atoms with Crippen molar-refractivity contribution in [3.8, 4) is 5.95 Å². The van der Waals surface area contributed by atoms with Crippen LogP contribution in [0.4, 0.5) is 5.69 Å². The zero-order valence-electron chi connectivity index (χ0n) is 17.4. The number of amides is 1. The highest BCUT2D eigenvalue weighted by molar-refractivity contribution is 5.99. The Morgan fingerprint density at radius 1 is 1.17 bits per heavy atom. The van der Waals surface area contributed by atoms with E-state index in [0.29, 0.717) is 11.5 Å². The van der Waals surface area contributed by atoms with Crippen LogP contribution >= 0.6 is 0 Å². The summed E-state index contributed by atoms with van der Waals surface area (Å²) in [4.78, 5) is 31.1. The summed E-state index contributed by atoms with van der Waals surface area (Å²) in [7, 11) is 1.76. The summed E-state index contributed by atoms with van der Waals surface area (Å²) >= 11 is 0. The molecule has 0 fully saturated rings. The fourth-order valence-corrected chi connectivity index (χ4v) is 3.39. The molecule has 0 atom stereocenters. The predicted octanol–water partition coefficient (Wildman–Crippen LogP) is 2.58. The van der Waals surface area contributed by atoms with Crippen LogP contribution in [0.25, 0.3) is 5.95 Å². The van der Waals surface area contributed by atoms with Gasteiger partial charge in [0, 0.05) is 22.6 Å². The number of benzene rings is 1. The molecular weight excluding hydrogens is 368 g/mol. The van der Waals surface area contributed by atoms with Crippen molar-refractivity contribution in [2.24, 2.45) is 0 Å². The van der Waals surface area contributed by atoms with Gasteiger partial charge in [0.05, 0.1) is 13.1 Å². The van der Waals surface area contributed by atoms with Crippen molar-refractivity contribution in [1.29, 1.82) is 0 Å². The average Bonchev–Trinajstić information content (AvgIpc) is 3.26. The number of nitrogens with one attached hydrogen (secondary N) is 2. The molecule has 3 rings (SSSR count). The zero-order chi connectivity index (χ0) is 21.1. The van der Waals surface area contributed by atoms with Crippen molar-refractivity contribution < 1.29 is 9.59 Å². The minimum absolute atomic E-state index is 0.0501. The zero-order valence-corrected chi connectivity index (χ0v) is 17.4. The Morgan fingerprint density at radius 3 is 2.62 bits per heavy atom. The molecular formula is C21H26N6O2. The fourth-order valence-electron chi connectivity index (χ4n) is 3.39. The van der Waals surface area contributed by atoms with Gasteiger partial charge in [0.2, 0.25) is 11.9 Å². The van der Waals surface area contributed by atoms with Crippen LogP contribution < -0.4 is 5.32 Å². The van der Waals surface area contributed by atoms with Crippen LogP contribution in [0.3, 0.4) is 0 Å². The number of hydrogen-bond acceptors (Lipinski definition) is 5. The monoisotopic (exact) mass is 394 g/mol. The first-order valence-electron chi connectivity index (χ1n) is 9.40. The van der Waals surface area contributed by atoms with Crippen LogP contribution in [-0.4, -0.2) is 56.5 Å². The quantitative estimate of drug-likeness (QED) is 0.601. The first-order valence-corrected chi connectivity index (χ1v) is 9.40. The maximum atomic E-state index is 12.8. The van der Waals surface area contributed by atoms with Crippen molar-refractivity contribution in [2.45, 2.75) is 27.7 Å². The summed E-state index contributed by atoms with van der Waals surface area (Å²) in [6.07, 6.45) is 1.43. The van der Waals surface area contributed by atoms with Gasteiger partial charge >= 0.3 is 0 Å². The third kappa shape index (κ3) is 4.43. The van der Waals surface area contributed by atoms with E-state index in [1.807, 2.05) is 56.5 Å². The molecule has 0 aliphatic heterocycles. The molecule has 0 saturated heterocycles. The van der Waals surface area contributed by atoms with Crippen LogP contribution in [-0.2, 0) is 4.79 Å². The number of hydrogen-bond donors (Lipinski definition) is 2. The molecule has 2 N–H and O–H groups in total. The highest BCUT2D eigenvalue weighted by atomic mass is 16.2. The minimum Gasteiger partial charge on any atom is -0.325 e. The van der Waals surface area contributed by atoms with E-state index >= 15 is 0 Å². The second-order valence-electron chi connectivity index (χ2n) is 7.32.